The number of hydrogen-bond acceptors (Lipinski definition) is 5. The van der Waals surface area contributed by atoms with Gasteiger partial charge in [-0.15, -0.1) is 0 Å². The number of pyridine rings is 1. The predicted octanol–water partition coefficient (Wildman–Crippen LogP) is 3.90. The molecule has 3 aromatic rings. The number of carbonyl (C=O) groups is 1. The summed E-state index contributed by atoms with van der Waals surface area (Å²) in [6, 6.07) is 7.85. The Labute approximate surface area is 166 Å². The van der Waals surface area contributed by atoms with Crippen LogP contribution >= 0.6 is 0 Å². The lowest BCUT2D eigenvalue weighted by Gasteiger charge is -2.11. The number of ether oxygens (including phenoxy) is 1. The van der Waals surface area contributed by atoms with Crippen LogP contribution in [0.5, 0.6) is 5.75 Å². The van der Waals surface area contributed by atoms with Crippen LogP contribution in [0, 0.1) is 11.6 Å². The van der Waals surface area contributed by atoms with Gasteiger partial charge in [0.2, 0.25) is 10.0 Å². The molecule has 1 N–H and O–H groups in total. The summed E-state index contributed by atoms with van der Waals surface area (Å²) in [6.45, 7) is 1.67. The zero-order valence-corrected chi connectivity index (χ0v) is 16.5. The molecule has 0 radical (unpaired) electrons. The molecule has 0 atom stereocenters. The van der Waals surface area contributed by atoms with Crippen molar-refractivity contribution in [2.75, 3.05) is 17.6 Å². The van der Waals surface area contributed by atoms with Gasteiger partial charge in [-0.05, 0) is 36.8 Å². The highest BCUT2D eigenvalue weighted by atomic mass is 32.2. The van der Waals surface area contributed by atoms with E-state index < -0.39 is 33.0 Å². The number of hydrogen-bond donors (Lipinski definition) is 1. The number of benzene rings is 2. The third kappa shape index (κ3) is 4.51. The molecule has 0 bridgehead atoms. The number of carbonyl (C=O) groups excluding carboxylic acids is 1. The van der Waals surface area contributed by atoms with Gasteiger partial charge >= 0.3 is 0 Å². The number of halogens is 2. The molecule has 0 aliphatic heterocycles. The number of nitrogens with zero attached hydrogens (tertiary/aromatic N) is 1. The highest BCUT2D eigenvalue weighted by Crippen LogP contribution is 2.25. The molecule has 1 heterocycles. The first kappa shape index (κ1) is 20.7. The highest BCUT2D eigenvalue weighted by molar-refractivity contribution is 7.92. The second-order valence-electron chi connectivity index (χ2n) is 6.35. The minimum atomic E-state index is -3.73. The fourth-order valence-electron chi connectivity index (χ4n) is 2.83. The molecule has 0 spiro atoms. The molecule has 6 nitrogen and oxygen atoms in total. The van der Waals surface area contributed by atoms with Crippen molar-refractivity contribution in [1.82, 2.24) is 4.98 Å². The maximum Gasteiger partial charge on any atom is 0.232 e. The maximum atomic E-state index is 14.3. The minimum absolute atomic E-state index is 0.0967. The molecular weight excluding hydrogens is 402 g/mol. The molecule has 0 fully saturated rings. The van der Waals surface area contributed by atoms with Crippen LogP contribution in [-0.4, -0.2) is 32.0 Å². The van der Waals surface area contributed by atoms with Gasteiger partial charge in [-0.2, -0.15) is 0 Å². The average Bonchev–Trinajstić information content (AvgIpc) is 2.68. The molecule has 0 aliphatic carbocycles. The van der Waals surface area contributed by atoms with Crippen molar-refractivity contribution in [1.29, 1.82) is 0 Å². The molecule has 0 saturated heterocycles. The van der Waals surface area contributed by atoms with Gasteiger partial charge in [0.25, 0.3) is 0 Å². The van der Waals surface area contributed by atoms with E-state index in [1.165, 1.54) is 25.4 Å². The van der Waals surface area contributed by atoms with Crippen LogP contribution in [0.4, 0.5) is 14.5 Å². The van der Waals surface area contributed by atoms with E-state index in [1.807, 2.05) is 0 Å². The van der Waals surface area contributed by atoms with Crippen molar-refractivity contribution < 1.29 is 26.7 Å². The van der Waals surface area contributed by atoms with Crippen molar-refractivity contribution in [3.63, 3.8) is 0 Å². The first-order valence-electron chi connectivity index (χ1n) is 8.72. The molecular formula is C20H18F2N2O4S. The van der Waals surface area contributed by atoms with E-state index in [0.717, 1.165) is 6.07 Å². The van der Waals surface area contributed by atoms with E-state index in [4.69, 9.17) is 4.74 Å². The highest BCUT2D eigenvalue weighted by Gasteiger charge is 2.21. The van der Waals surface area contributed by atoms with Crippen LogP contribution in [0.1, 0.15) is 29.3 Å². The summed E-state index contributed by atoms with van der Waals surface area (Å²) >= 11 is 0. The largest absolute Gasteiger partial charge is 0.495 e. The molecule has 2 aromatic carbocycles. The summed E-state index contributed by atoms with van der Waals surface area (Å²) in [5.74, 6) is -3.17. The molecule has 29 heavy (non-hydrogen) atoms. The Morgan fingerprint density at radius 3 is 2.62 bits per heavy atom. The van der Waals surface area contributed by atoms with Gasteiger partial charge in [0.15, 0.2) is 17.4 Å². The summed E-state index contributed by atoms with van der Waals surface area (Å²) in [6.07, 6.45) is 1.87. The van der Waals surface area contributed by atoms with E-state index in [2.05, 4.69) is 9.71 Å². The van der Waals surface area contributed by atoms with Crippen LogP contribution in [0.3, 0.4) is 0 Å². The van der Waals surface area contributed by atoms with Crippen LogP contribution in [-0.2, 0) is 10.0 Å². The van der Waals surface area contributed by atoms with Crippen LogP contribution in [0.15, 0.2) is 42.6 Å². The van der Waals surface area contributed by atoms with Gasteiger partial charge in [-0.3, -0.25) is 14.5 Å². The molecule has 1 aromatic heterocycles. The van der Waals surface area contributed by atoms with Crippen molar-refractivity contribution in [3.8, 4) is 5.75 Å². The van der Waals surface area contributed by atoms with E-state index >= 15 is 0 Å². The lowest BCUT2D eigenvalue weighted by Crippen LogP contribution is -2.17. The van der Waals surface area contributed by atoms with E-state index in [1.54, 1.807) is 19.1 Å². The van der Waals surface area contributed by atoms with Crippen molar-refractivity contribution in [3.05, 3.63) is 65.4 Å². The third-order valence-corrected chi connectivity index (χ3v) is 5.67. The fraction of sp³-hybridized carbons (Fsp3) is 0.200. The zero-order valence-electron chi connectivity index (χ0n) is 15.7. The maximum absolute atomic E-state index is 14.3. The summed E-state index contributed by atoms with van der Waals surface area (Å²) in [5, 5.41) is 0.580. The summed E-state index contributed by atoms with van der Waals surface area (Å²) in [4.78, 5) is 17.0. The van der Waals surface area contributed by atoms with Crippen LogP contribution < -0.4 is 9.46 Å². The Kier molecular flexibility index (Phi) is 5.78. The molecule has 9 heteroatoms. The topological polar surface area (TPSA) is 85.4 Å². The monoisotopic (exact) mass is 420 g/mol. The molecule has 0 saturated carbocycles. The number of anilines is 1. The van der Waals surface area contributed by atoms with Gasteiger partial charge in [-0.25, -0.2) is 17.2 Å². The van der Waals surface area contributed by atoms with Gasteiger partial charge in [0.1, 0.15) is 5.75 Å². The average molecular weight is 420 g/mol. The summed E-state index contributed by atoms with van der Waals surface area (Å²) < 4.78 is 59.5. The normalized spacial score (nSPS) is 11.4. The number of methoxy groups -OCH3 is 1. The molecule has 0 amide bonds. The SMILES string of the molecule is CCCS(=O)(=O)Nc1cc(F)c(F)c(C(=O)c2ccc3ncc(OC)cc3c2)c1. The second-order valence-corrected chi connectivity index (χ2v) is 8.19. The Morgan fingerprint density at radius 2 is 1.93 bits per heavy atom. The summed E-state index contributed by atoms with van der Waals surface area (Å²) in [7, 11) is -2.26. The molecule has 152 valence electrons. The van der Waals surface area contributed by atoms with Gasteiger partial charge in [0.05, 0.1) is 35.8 Å². The Bertz CT molecular complexity index is 1200. The lowest BCUT2D eigenvalue weighted by atomic mass is 10.0. The minimum Gasteiger partial charge on any atom is -0.495 e. The molecule has 0 unspecified atom stereocenters. The van der Waals surface area contributed by atoms with Crippen LogP contribution in [0.2, 0.25) is 0 Å². The van der Waals surface area contributed by atoms with Crippen molar-refractivity contribution in [2.24, 2.45) is 0 Å². The number of rotatable bonds is 7. The zero-order chi connectivity index (χ0) is 21.2. The van der Waals surface area contributed by atoms with Crippen molar-refractivity contribution in [2.45, 2.75) is 13.3 Å². The number of fused-ring (bicyclic) bond motifs is 1. The first-order valence-corrected chi connectivity index (χ1v) is 10.4. The number of ketones is 1. The number of nitrogens with one attached hydrogen (secondary N) is 1. The molecule has 3 rings (SSSR count). The number of sulfonamides is 1. The fourth-order valence-corrected chi connectivity index (χ4v) is 3.95. The quantitative estimate of drug-likeness (QED) is 0.586. The van der Waals surface area contributed by atoms with E-state index in [-0.39, 0.29) is 17.0 Å². The van der Waals surface area contributed by atoms with Gasteiger partial charge in [0, 0.05) is 17.0 Å². The Balaban J connectivity index is 2.03. The van der Waals surface area contributed by atoms with Gasteiger partial charge < -0.3 is 4.74 Å². The van der Waals surface area contributed by atoms with Crippen LogP contribution in [0.25, 0.3) is 10.9 Å². The molecule has 0 aliphatic rings. The van der Waals surface area contributed by atoms with E-state index in [0.29, 0.717) is 29.1 Å². The van der Waals surface area contributed by atoms with E-state index in [9.17, 15) is 22.0 Å². The van der Waals surface area contributed by atoms with Crippen molar-refractivity contribution >= 4 is 32.4 Å². The standard InChI is InChI=1S/C20H18F2N2O4S/c1-3-6-29(26,27)24-14-9-16(19(22)17(21)10-14)20(25)12-4-5-18-13(7-12)8-15(28-2)11-23-18/h4-5,7-11,24H,3,6H2,1-2H3. The number of aromatic nitrogens is 1. The van der Waals surface area contributed by atoms with Gasteiger partial charge in [-0.1, -0.05) is 6.92 Å². The summed E-state index contributed by atoms with van der Waals surface area (Å²) in [5.41, 5.74) is -0.103. The predicted molar refractivity (Wildman–Crippen MR) is 106 cm³/mol. The first-order chi connectivity index (χ1) is 13.7. The second kappa shape index (κ2) is 8.12. The Hall–Kier alpha value is -3.07. The third-order valence-electron chi connectivity index (χ3n) is 4.17. The Morgan fingerprint density at radius 1 is 1.17 bits per heavy atom. The smallest absolute Gasteiger partial charge is 0.232 e. The lowest BCUT2D eigenvalue weighted by molar-refractivity contribution is 0.103.